The topological polar surface area (TPSA) is 78.9 Å². The van der Waals surface area contributed by atoms with Crippen LogP contribution >= 0.6 is 0 Å². The SMILES string of the molecule is CN(CC1CCCCO1)C(=O)NC1(C(=O)O)CCCC1. The number of urea groups is 1. The molecule has 2 N–H and O–H groups in total. The van der Waals surface area contributed by atoms with Gasteiger partial charge in [-0.25, -0.2) is 9.59 Å². The minimum absolute atomic E-state index is 0.0730. The Kier molecular flexibility index (Phi) is 4.86. The van der Waals surface area contributed by atoms with Crippen molar-refractivity contribution in [3.8, 4) is 0 Å². The van der Waals surface area contributed by atoms with Crippen LogP contribution in [-0.4, -0.2) is 53.8 Å². The summed E-state index contributed by atoms with van der Waals surface area (Å²) in [6.07, 6.45) is 5.97. The zero-order valence-electron chi connectivity index (χ0n) is 12.1. The number of hydrogen-bond acceptors (Lipinski definition) is 3. The molecule has 1 heterocycles. The highest BCUT2D eigenvalue weighted by Gasteiger charge is 2.43. The molecule has 2 fully saturated rings. The number of likely N-dealkylation sites (N-methyl/N-ethyl adjacent to an activating group) is 1. The number of carboxylic acid groups (broad SMARTS) is 1. The monoisotopic (exact) mass is 284 g/mol. The molecule has 0 aromatic rings. The van der Waals surface area contributed by atoms with E-state index in [1.54, 1.807) is 11.9 Å². The first-order valence-corrected chi connectivity index (χ1v) is 7.42. The molecule has 2 amide bonds. The molecule has 6 heteroatoms. The molecule has 2 rings (SSSR count). The summed E-state index contributed by atoms with van der Waals surface area (Å²) in [7, 11) is 1.69. The Morgan fingerprint density at radius 2 is 2.00 bits per heavy atom. The van der Waals surface area contributed by atoms with Crippen LogP contribution in [0.3, 0.4) is 0 Å². The molecule has 1 aliphatic heterocycles. The largest absolute Gasteiger partial charge is 0.480 e. The van der Waals surface area contributed by atoms with Gasteiger partial charge in [0, 0.05) is 20.2 Å². The number of aliphatic carboxylic acids is 1. The summed E-state index contributed by atoms with van der Waals surface area (Å²) in [5.41, 5.74) is -1.07. The van der Waals surface area contributed by atoms with Crippen molar-refractivity contribution in [1.82, 2.24) is 10.2 Å². The van der Waals surface area contributed by atoms with Crippen molar-refractivity contribution in [2.75, 3.05) is 20.2 Å². The van der Waals surface area contributed by atoms with Gasteiger partial charge in [-0.1, -0.05) is 12.8 Å². The van der Waals surface area contributed by atoms with Crippen molar-refractivity contribution in [3.63, 3.8) is 0 Å². The highest BCUT2D eigenvalue weighted by Crippen LogP contribution is 2.30. The van der Waals surface area contributed by atoms with Gasteiger partial charge in [0.25, 0.3) is 0 Å². The van der Waals surface area contributed by atoms with Crippen LogP contribution in [0.15, 0.2) is 0 Å². The zero-order valence-corrected chi connectivity index (χ0v) is 12.1. The Hall–Kier alpha value is -1.30. The van der Waals surface area contributed by atoms with Gasteiger partial charge in [-0.05, 0) is 32.1 Å². The van der Waals surface area contributed by atoms with E-state index in [4.69, 9.17) is 4.74 Å². The maximum atomic E-state index is 12.2. The summed E-state index contributed by atoms with van der Waals surface area (Å²) in [6.45, 7) is 1.26. The molecule has 0 bridgehead atoms. The number of amides is 2. The molecule has 114 valence electrons. The van der Waals surface area contributed by atoms with E-state index in [0.29, 0.717) is 19.4 Å². The Morgan fingerprint density at radius 3 is 2.55 bits per heavy atom. The molecule has 1 atom stereocenters. The first-order valence-electron chi connectivity index (χ1n) is 7.42. The van der Waals surface area contributed by atoms with Crippen LogP contribution in [0.1, 0.15) is 44.9 Å². The highest BCUT2D eigenvalue weighted by atomic mass is 16.5. The van der Waals surface area contributed by atoms with Crippen LogP contribution in [0.4, 0.5) is 4.79 Å². The van der Waals surface area contributed by atoms with Crippen LogP contribution < -0.4 is 5.32 Å². The summed E-state index contributed by atoms with van der Waals surface area (Å²) >= 11 is 0. The van der Waals surface area contributed by atoms with Gasteiger partial charge in [-0.15, -0.1) is 0 Å². The second kappa shape index (κ2) is 6.43. The third-order valence-corrected chi connectivity index (χ3v) is 4.31. The lowest BCUT2D eigenvalue weighted by molar-refractivity contribution is -0.144. The second-order valence-electron chi connectivity index (χ2n) is 5.89. The molecule has 1 saturated carbocycles. The van der Waals surface area contributed by atoms with Gasteiger partial charge in [0.2, 0.25) is 0 Å². The van der Waals surface area contributed by atoms with E-state index in [-0.39, 0.29) is 12.1 Å². The van der Waals surface area contributed by atoms with Gasteiger partial charge in [-0.3, -0.25) is 0 Å². The predicted octanol–water partition coefficient (Wildman–Crippen LogP) is 1.59. The Morgan fingerprint density at radius 1 is 1.30 bits per heavy atom. The minimum atomic E-state index is -1.07. The van der Waals surface area contributed by atoms with Crippen LogP contribution in [0.25, 0.3) is 0 Å². The van der Waals surface area contributed by atoms with E-state index in [1.807, 2.05) is 0 Å². The average Bonchev–Trinajstić information content (AvgIpc) is 2.89. The van der Waals surface area contributed by atoms with E-state index >= 15 is 0 Å². The van der Waals surface area contributed by atoms with Crippen LogP contribution in [0, 0.1) is 0 Å². The molecular formula is C14H24N2O4. The predicted molar refractivity (Wildman–Crippen MR) is 73.6 cm³/mol. The van der Waals surface area contributed by atoms with Crippen LogP contribution in [0.2, 0.25) is 0 Å². The zero-order chi connectivity index (χ0) is 14.6. The molecule has 0 aromatic carbocycles. The number of ether oxygens (including phenoxy) is 1. The van der Waals surface area contributed by atoms with Crippen molar-refractivity contribution >= 4 is 12.0 Å². The minimum Gasteiger partial charge on any atom is -0.480 e. The van der Waals surface area contributed by atoms with E-state index in [9.17, 15) is 14.7 Å². The fourth-order valence-electron chi connectivity index (χ4n) is 3.01. The second-order valence-corrected chi connectivity index (χ2v) is 5.89. The summed E-state index contributed by atoms with van der Waals surface area (Å²) in [6, 6.07) is -0.316. The third kappa shape index (κ3) is 3.42. The van der Waals surface area contributed by atoms with E-state index in [1.165, 1.54) is 0 Å². The van der Waals surface area contributed by atoms with E-state index < -0.39 is 11.5 Å². The van der Waals surface area contributed by atoms with Crippen molar-refractivity contribution in [2.45, 2.75) is 56.6 Å². The Labute approximate surface area is 119 Å². The smallest absolute Gasteiger partial charge is 0.329 e. The maximum Gasteiger partial charge on any atom is 0.329 e. The van der Waals surface area contributed by atoms with Gasteiger partial charge >= 0.3 is 12.0 Å². The molecule has 0 spiro atoms. The lowest BCUT2D eigenvalue weighted by atomic mass is 9.98. The number of nitrogens with zero attached hydrogens (tertiary/aromatic N) is 1. The lowest BCUT2D eigenvalue weighted by Crippen LogP contribution is -2.56. The van der Waals surface area contributed by atoms with Gasteiger partial charge in [0.1, 0.15) is 5.54 Å². The summed E-state index contributed by atoms with van der Waals surface area (Å²) in [5.74, 6) is -0.925. The van der Waals surface area contributed by atoms with Crippen molar-refractivity contribution in [1.29, 1.82) is 0 Å². The number of nitrogens with one attached hydrogen (secondary N) is 1. The molecule has 0 aromatic heterocycles. The number of carbonyl (C=O) groups excluding carboxylic acids is 1. The normalized spacial score (nSPS) is 25.1. The fraction of sp³-hybridized carbons (Fsp3) is 0.857. The third-order valence-electron chi connectivity index (χ3n) is 4.31. The summed E-state index contributed by atoms with van der Waals surface area (Å²) in [5, 5.41) is 12.1. The highest BCUT2D eigenvalue weighted by molar-refractivity contribution is 5.86. The number of rotatable bonds is 4. The standard InChI is InChI=1S/C14H24N2O4/c1-16(10-11-6-2-5-9-20-11)13(19)15-14(12(17)18)7-3-4-8-14/h11H,2-10H2,1H3,(H,15,19)(H,17,18). The van der Waals surface area contributed by atoms with E-state index in [2.05, 4.69) is 5.32 Å². The van der Waals surface area contributed by atoms with Crippen LogP contribution in [-0.2, 0) is 9.53 Å². The van der Waals surface area contributed by atoms with Crippen molar-refractivity contribution in [2.24, 2.45) is 0 Å². The molecular weight excluding hydrogens is 260 g/mol. The summed E-state index contributed by atoms with van der Waals surface area (Å²) in [4.78, 5) is 25.1. The number of hydrogen-bond donors (Lipinski definition) is 2. The molecule has 6 nitrogen and oxygen atoms in total. The van der Waals surface area contributed by atoms with Crippen molar-refractivity contribution in [3.05, 3.63) is 0 Å². The molecule has 0 radical (unpaired) electrons. The van der Waals surface area contributed by atoms with E-state index in [0.717, 1.165) is 38.7 Å². The van der Waals surface area contributed by atoms with Crippen molar-refractivity contribution < 1.29 is 19.4 Å². The molecule has 1 unspecified atom stereocenters. The Balaban J connectivity index is 1.87. The molecule has 2 aliphatic rings. The van der Waals surface area contributed by atoms with Gasteiger partial charge in [0.05, 0.1) is 6.10 Å². The van der Waals surface area contributed by atoms with Crippen LogP contribution in [0.5, 0.6) is 0 Å². The van der Waals surface area contributed by atoms with Gasteiger partial charge in [-0.2, -0.15) is 0 Å². The fourth-order valence-corrected chi connectivity index (χ4v) is 3.01. The molecule has 1 saturated heterocycles. The summed E-state index contributed by atoms with van der Waals surface area (Å²) < 4.78 is 5.60. The number of carbonyl (C=O) groups is 2. The number of carboxylic acids is 1. The lowest BCUT2D eigenvalue weighted by Gasteiger charge is -2.31. The Bertz CT molecular complexity index is 360. The first kappa shape index (κ1) is 15.1. The molecule has 20 heavy (non-hydrogen) atoms. The molecule has 1 aliphatic carbocycles. The van der Waals surface area contributed by atoms with Gasteiger partial charge < -0.3 is 20.1 Å². The average molecular weight is 284 g/mol. The van der Waals surface area contributed by atoms with Gasteiger partial charge in [0.15, 0.2) is 0 Å². The first-order chi connectivity index (χ1) is 9.53. The maximum absolute atomic E-state index is 12.2. The quantitative estimate of drug-likeness (QED) is 0.821.